The Morgan fingerprint density at radius 2 is 1.42 bits per heavy atom. The van der Waals surface area contributed by atoms with Crippen molar-refractivity contribution >= 4 is 11.4 Å². The lowest BCUT2D eigenvalue weighted by molar-refractivity contribution is 0.836. The molecule has 1 aliphatic heterocycles. The number of hydrogen-bond acceptors (Lipinski definition) is 2. The van der Waals surface area contributed by atoms with Crippen molar-refractivity contribution in [2.75, 3.05) is 23.9 Å². The Bertz CT molecular complexity index is 604. The molecule has 1 aliphatic rings. The third-order valence-electron chi connectivity index (χ3n) is 3.87. The monoisotopic (exact) mass is 252 g/mol. The highest BCUT2D eigenvalue weighted by Gasteiger charge is 2.17. The zero-order valence-corrected chi connectivity index (χ0v) is 11.9. The van der Waals surface area contributed by atoms with Crippen molar-refractivity contribution in [2.24, 2.45) is 0 Å². The molecule has 0 bridgehead atoms. The zero-order chi connectivity index (χ0) is 13.4. The number of benzene rings is 2. The van der Waals surface area contributed by atoms with E-state index < -0.39 is 0 Å². The molecule has 0 radical (unpaired) electrons. The van der Waals surface area contributed by atoms with Crippen LogP contribution in [0.25, 0.3) is 0 Å². The number of nitrogens with zero attached hydrogens (tertiary/aromatic N) is 2. The summed E-state index contributed by atoms with van der Waals surface area (Å²) >= 11 is 0. The van der Waals surface area contributed by atoms with Crippen LogP contribution in [0.3, 0.4) is 0 Å². The van der Waals surface area contributed by atoms with Crippen molar-refractivity contribution in [3.63, 3.8) is 0 Å². The minimum atomic E-state index is 0.955. The third-order valence-corrected chi connectivity index (χ3v) is 3.87. The Balaban J connectivity index is 2.09. The molecule has 0 atom stereocenters. The van der Waals surface area contributed by atoms with Crippen LogP contribution in [0.4, 0.5) is 11.4 Å². The Labute approximate surface area is 115 Å². The molecule has 0 aliphatic carbocycles. The fraction of sp³-hybridized carbons (Fsp3) is 0.294. The highest BCUT2D eigenvalue weighted by Crippen LogP contribution is 2.31. The maximum atomic E-state index is 2.36. The molecule has 0 fully saturated rings. The average Bonchev–Trinajstić information content (AvgIpc) is 2.40. The SMILES string of the molecule is Cc1ccc2c(c1)N(C)Cc1ccccc1N(C)C2. The van der Waals surface area contributed by atoms with Gasteiger partial charge in [0.15, 0.2) is 0 Å². The summed E-state index contributed by atoms with van der Waals surface area (Å²) in [5, 5.41) is 0. The minimum Gasteiger partial charge on any atom is -0.370 e. The second kappa shape index (κ2) is 4.61. The summed E-state index contributed by atoms with van der Waals surface area (Å²) in [5.41, 5.74) is 6.79. The van der Waals surface area contributed by atoms with Crippen molar-refractivity contribution in [3.8, 4) is 0 Å². The molecule has 0 N–H and O–H groups in total. The van der Waals surface area contributed by atoms with Gasteiger partial charge >= 0.3 is 0 Å². The van der Waals surface area contributed by atoms with Gasteiger partial charge in [-0.3, -0.25) is 0 Å². The van der Waals surface area contributed by atoms with Crippen molar-refractivity contribution in [3.05, 3.63) is 59.2 Å². The smallest absolute Gasteiger partial charge is 0.0446 e. The Hall–Kier alpha value is -1.96. The van der Waals surface area contributed by atoms with E-state index in [1.54, 1.807) is 0 Å². The summed E-state index contributed by atoms with van der Waals surface area (Å²) in [6.45, 7) is 4.07. The van der Waals surface area contributed by atoms with Crippen LogP contribution in [0.5, 0.6) is 0 Å². The van der Waals surface area contributed by atoms with Gasteiger partial charge in [0.1, 0.15) is 0 Å². The molecule has 0 unspecified atom stereocenters. The third kappa shape index (κ3) is 2.19. The van der Waals surface area contributed by atoms with Gasteiger partial charge in [-0.25, -0.2) is 0 Å². The lowest BCUT2D eigenvalue weighted by Crippen LogP contribution is -2.27. The number of anilines is 2. The summed E-state index contributed by atoms with van der Waals surface area (Å²) < 4.78 is 0. The van der Waals surface area contributed by atoms with E-state index in [9.17, 15) is 0 Å². The molecule has 98 valence electrons. The van der Waals surface area contributed by atoms with Gasteiger partial charge in [-0.1, -0.05) is 30.3 Å². The molecule has 0 saturated heterocycles. The predicted octanol–water partition coefficient (Wildman–Crippen LogP) is 3.58. The van der Waals surface area contributed by atoms with Gasteiger partial charge in [-0.2, -0.15) is 0 Å². The molecule has 0 saturated carbocycles. The van der Waals surface area contributed by atoms with Gasteiger partial charge in [-0.15, -0.1) is 0 Å². The highest BCUT2D eigenvalue weighted by atomic mass is 15.2. The van der Waals surface area contributed by atoms with Crippen LogP contribution in [0.2, 0.25) is 0 Å². The molecule has 1 heterocycles. The zero-order valence-electron chi connectivity index (χ0n) is 11.9. The second-order valence-electron chi connectivity index (χ2n) is 5.47. The molecular formula is C17H20N2. The Kier molecular flexibility index (Phi) is 2.94. The van der Waals surface area contributed by atoms with Crippen LogP contribution in [0, 0.1) is 6.92 Å². The van der Waals surface area contributed by atoms with Gasteiger partial charge in [0, 0.05) is 38.6 Å². The first-order chi connectivity index (χ1) is 9.15. The van der Waals surface area contributed by atoms with E-state index in [1.807, 2.05) is 0 Å². The fourth-order valence-electron chi connectivity index (χ4n) is 2.86. The van der Waals surface area contributed by atoms with E-state index in [1.165, 1.54) is 28.1 Å². The maximum Gasteiger partial charge on any atom is 0.0446 e. The lowest BCUT2D eigenvalue weighted by atomic mass is 10.0. The van der Waals surface area contributed by atoms with Crippen molar-refractivity contribution < 1.29 is 0 Å². The van der Waals surface area contributed by atoms with E-state index in [0.717, 1.165) is 13.1 Å². The van der Waals surface area contributed by atoms with Crippen LogP contribution >= 0.6 is 0 Å². The Morgan fingerprint density at radius 3 is 2.21 bits per heavy atom. The number of hydrogen-bond donors (Lipinski definition) is 0. The minimum absolute atomic E-state index is 0.955. The predicted molar refractivity (Wildman–Crippen MR) is 81.8 cm³/mol. The summed E-state index contributed by atoms with van der Waals surface area (Å²) in [6, 6.07) is 15.4. The van der Waals surface area contributed by atoms with Gasteiger partial charge in [0.25, 0.3) is 0 Å². The largest absolute Gasteiger partial charge is 0.370 e. The lowest BCUT2D eigenvalue weighted by Gasteiger charge is -2.32. The molecular weight excluding hydrogens is 232 g/mol. The summed E-state index contributed by atoms with van der Waals surface area (Å²) in [5.74, 6) is 0. The fourth-order valence-corrected chi connectivity index (χ4v) is 2.86. The van der Waals surface area contributed by atoms with Gasteiger partial charge in [0.05, 0.1) is 0 Å². The number of para-hydroxylation sites is 1. The summed E-state index contributed by atoms with van der Waals surface area (Å²) in [4.78, 5) is 4.70. The van der Waals surface area contributed by atoms with Gasteiger partial charge < -0.3 is 9.80 Å². The van der Waals surface area contributed by atoms with Crippen LogP contribution < -0.4 is 9.80 Å². The molecule has 2 heteroatoms. The van der Waals surface area contributed by atoms with Gasteiger partial charge in [-0.05, 0) is 35.7 Å². The van der Waals surface area contributed by atoms with E-state index in [0.29, 0.717) is 0 Å². The summed E-state index contributed by atoms with van der Waals surface area (Å²) in [6.07, 6.45) is 0. The van der Waals surface area contributed by atoms with Crippen LogP contribution in [-0.4, -0.2) is 14.1 Å². The molecule has 0 spiro atoms. The molecule has 2 aromatic rings. The summed E-state index contributed by atoms with van der Waals surface area (Å²) in [7, 11) is 4.36. The Morgan fingerprint density at radius 1 is 0.789 bits per heavy atom. The average molecular weight is 252 g/mol. The topological polar surface area (TPSA) is 6.48 Å². The molecule has 0 amide bonds. The second-order valence-corrected chi connectivity index (χ2v) is 5.47. The molecule has 2 nitrogen and oxygen atoms in total. The van der Waals surface area contributed by atoms with Gasteiger partial charge in [0.2, 0.25) is 0 Å². The van der Waals surface area contributed by atoms with E-state index in [4.69, 9.17) is 0 Å². The van der Waals surface area contributed by atoms with Crippen LogP contribution in [0.1, 0.15) is 16.7 Å². The first kappa shape index (κ1) is 12.1. The molecule has 2 aromatic carbocycles. The molecule has 19 heavy (non-hydrogen) atoms. The quantitative estimate of drug-likeness (QED) is 0.707. The van der Waals surface area contributed by atoms with Crippen molar-refractivity contribution in [1.29, 1.82) is 0 Å². The number of aryl methyl sites for hydroxylation is 1. The van der Waals surface area contributed by atoms with Crippen molar-refractivity contribution in [2.45, 2.75) is 20.0 Å². The molecule has 0 aromatic heterocycles. The number of rotatable bonds is 0. The maximum absolute atomic E-state index is 2.36. The van der Waals surface area contributed by atoms with Crippen LogP contribution in [0.15, 0.2) is 42.5 Å². The van der Waals surface area contributed by atoms with E-state index in [-0.39, 0.29) is 0 Å². The number of fused-ring (bicyclic) bond motifs is 2. The van der Waals surface area contributed by atoms with E-state index >= 15 is 0 Å². The first-order valence-electron chi connectivity index (χ1n) is 6.75. The highest BCUT2D eigenvalue weighted by molar-refractivity contribution is 5.62. The standard InChI is InChI=1S/C17H20N2/c1-13-8-9-15-12-18(2)16-7-5-4-6-14(16)11-19(3)17(15)10-13/h4-10H,11-12H2,1-3H3. The van der Waals surface area contributed by atoms with E-state index in [2.05, 4.69) is 73.3 Å². The normalized spacial score (nSPS) is 14.5. The van der Waals surface area contributed by atoms with Crippen molar-refractivity contribution in [1.82, 2.24) is 0 Å². The van der Waals surface area contributed by atoms with Crippen LogP contribution in [-0.2, 0) is 13.1 Å². The first-order valence-corrected chi connectivity index (χ1v) is 6.75. The molecule has 3 rings (SSSR count).